The molecule has 20 heavy (non-hydrogen) atoms. The van der Waals surface area contributed by atoms with Crippen LogP contribution in [0.25, 0.3) is 0 Å². The number of aromatic carboxylic acids is 1. The van der Waals surface area contributed by atoms with Gasteiger partial charge in [-0.15, -0.1) is 0 Å². The summed E-state index contributed by atoms with van der Waals surface area (Å²) in [6, 6.07) is 2.76. The molecule has 0 aliphatic rings. The van der Waals surface area contributed by atoms with Crippen LogP contribution in [0.2, 0.25) is 0 Å². The van der Waals surface area contributed by atoms with Crippen molar-refractivity contribution in [2.75, 3.05) is 13.2 Å². The summed E-state index contributed by atoms with van der Waals surface area (Å²) in [5.41, 5.74) is -2.03. The van der Waals surface area contributed by atoms with Crippen molar-refractivity contribution in [2.24, 2.45) is 0 Å². The second-order valence-corrected chi connectivity index (χ2v) is 4.10. The Morgan fingerprint density at radius 3 is 2.55 bits per heavy atom. The van der Waals surface area contributed by atoms with E-state index in [1.165, 1.54) is 6.07 Å². The Hall–Kier alpha value is -1.76. The van der Waals surface area contributed by atoms with E-state index in [2.05, 4.69) is 0 Å². The van der Waals surface area contributed by atoms with Crippen LogP contribution in [-0.4, -0.2) is 30.4 Å². The van der Waals surface area contributed by atoms with E-state index in [0.29, 0.717) is 12.7 Å². The zero-order chi connectivity index (χ0) is 15.3. The maximum Gasteiger partial charge on any atom is 0.417 e. The minimum atomic E-state index is -4.75. The number of carboxylic acids is 1. The van der Waals surface area contributed by atoms with E-state index in [4.69, 9.17) is 14.6 Å². The molecule has 0 radical (unpaired) electrons. The van der Waals surface area contributed by atoms with Crippen molar-refractivity contribution in [3.8, 4) is 5.75 Å². The number of carbonyl (C=O) groups is 1. The first-order valence-corrected chi connectivity index (χ1v) is 5.94. The van der Waals surface area contributed by atoms with Crippen molar-refractivity contribution in [3.05, 3.63) is 29.3 Å². The molecule has 1 rings (SSSR count). The Morgan fingerprint density at radius 1 is 1.40 bits per heavy atom. The lowest BCUT2D eigenvalue weighted by Crippen LogP contribution is -2.20. The molecule has 0 aliphatic carbocycles. The van der Waals surface area contributed by atoms with Gasteiger partial charge >= 0.3 is 12.1 Å². The molecule has 1 atom stereocenters. The Balaban J connectivity index is 2.98. The Bertz CT molecular complexity index is 471. The van der Waals surface area contributed by atoms with Gasteiger partial charge in [0.2, 0.25) is 0 Å². The smallest absolute Gasteiger partial charge is 0.417 e. The van der Waals surface area contributed by atoms with Crippen LogP contribution in [0, 0.1) is 0 Å². The summed E-state index contributed by atoms with van der Waals surface area (Å²) in [5, 5.41) is 8.76. The minimum absolute atomic E-state index is 0.0467. The summed E-state index contributed by atoms with van der Waals surface area (Å²) in [6.45, 7) is 4.14. The van der Waals surface area contributed by atoms with Crippen LogP contribution in [-0.2, 0) is 10.9 Å². The van der Waals surface area contributed by atoms with Crippen LogP contribution >= 0.6 is 0 Å². The number of alkyl halides is 3. The third-order valence-corrected chi connectivity index (χ3v) is 2.42. The molecule has 1 aromatic rings. The Labute approximate surface area is 114 Å². The van der Waals surface area contributed by atoms with E-state index >= 15 is 0 Å². The molecular weight excluding hydrogens is 277 g/mol. The average Bonchev–Trinajstić information content (AvgIpc) is 2.35. The molecular formula is C13H15F3O4. The monoisotopic (exact) mass is 292 g/mol. The molecule has 0 aromatic heterocycles. The number of ether oxygens (including phenoxy) is 2. The summed E-state index contributed by atoms with van der Waals surface area (Å²) < 4.78 is 48.7. The molecule has 7 heteroatoms. The van der Waals surface area contributed by atoms with Crippen LogP contribution in [0.1, 0.15) is 29.8 Å². The molecule has 1 unspecified atom stereocenters. The zero-order valence-corrected chi connectivity index (χ0v) is 11.0. The second-order valence-electron chi connectivity index (χ2n) is 4.10. The quantitative estimate of drug-likeness (QED) is 0.874. The van der Waals surface area contributed by atoms with Crippen LogP contribution in [0.3, 0.4) is 0 Å². The zero-order valence-electron chi connectivity index (χ0n) is 11.0. The van der Waals surface area contributed by atoms with Gasteiger partial charge in [-0.2, -0.15) is 13.2 Å². The first kappa shape index (κ1) is 16.3. The molecule has 0 fully saturated rings. The fourth-order valence-corrected chi connectivity index (χ4v) is 1.57. The topological polar surface area (TPSA) is 55.8 Å². The highest BCUT2D eigenvalue weighted by Gasteiger charge is 2.35. The van der Waals surface area contributed by atoms with Gasteiger partial charge in [-0.25, -0.2) is 4.79 Å². The lowest BCUT2D eigenvalue weighted by Gasteiger charge is -2.17. The van der Waals surface area contributed by atoms with E-state index in [1.807, 2.05) is 0 Å². The van der Waals surface area contributed by atoms with Crippen LogP contribution in [0.5, 0.6) is 5.75 Å². The fraction of sp³-hybridized carbons (Fsp3) is 0.462. The fourth-order valence-electron chi connectivity index (χ4n) is 1.57. The number of hydrogen-bond donors (Lipinski definition) is 1. The number of hydrogen-bond acceptors (Lipinski definition) is 3. The number of halogens is 3. The number of rotatable bonds is 6. The average molecular weight is 292 g/mol. The largest absolute Gasteiger partial charge is 0.488 e. The van der Waals surface area contributed by atoms with E-state index < -0.39 is 29.4 Å². The van der Waals surface area contributed by atoms with Crippen molar-refractivity contribution >= 4 is 5.97 Å². The van der Waals surface area contributed by atoms with E-state index in [1.54, 1.807) is 13.8 Å². The van der Waals surface area contributed by atoms with Crippen molar-refractivity contribution in [1.82, 2.24) is 0 Å². The van der Waals surface area contributed by atoms with E-state index in [0.717, 1.165) is 6.07 Å². The highest BCUT2D eigenvalue weighted by molar-refractivity contribution is 5.89. The van der Waals surface area contributed by atoms with E-state index in [9.17, 15) is 18.0 Å². The van der Waals surface area contributed by atoms with Gasteiger partial charge in [0.1, 0.15) is 11.9 Å². The molecule has 4 nitrogen and oxygen atoms in total. The standard InChI is InChI=1S/C13H15F3O4/c1-3-19-7-8(2)20-9-4-5-10(12(17)18)11(6-9)13(14,15)16/h4-6,8H,3,7H2,1-2H3,(H,17,18). The van der Waals surface area contributed by atoms with Crippen LogP contribution in [0.4, 0.5) is 13.2 Å². The molecule has 1 aromatic carbocycles. The third kappa shape index (κ3) is 4.41. The SMILES string of the molecule is CCOCC(C)Oc1ccc(C(=O)O)c(C(F)(F)F)c1. The van der Waals surface area contributed by atoms with Gasteiger partial charge in [0.25, 0.3) is 0 Å². The van der Waals surface area contributed by atoms with Crippen molar-refractivity contribution < 1.29 is 32.5 Å². The molecule has 0 aliphatic heterocycles. The molecule has 0 heterocycles. The van der Waals surface area contributed by atoms with Crippen LogP contribution in [0.15, 0.2) is 18.2 Å². The first-order valence-electron chi connectivity index (χ1n) is 5.94. The molecule has 0 amide bonds. The predicted molar refractivity (Wildman–Crippen MR) is 65.0 cm³/mol. The highest BCUT2D eigenvalue weighted by Crippen LogP contribution is 2.34. The molecule has 1 N–H and O–H groups in total. The second kappa shape index (κ2) is 6.60. The van der Waals surface area contributed by atoms with Gasteiger partial charge in [-0.1, -0.05) is 0 Å². The maximum atomic E-state index is 12.8. The Morgan fingerprint density at radius 2 is 2.05 bits per heavy atom. The van der Waals surface area contributed by atoms with Crippen LogP contribution < -0.4 is 4.74 Å². The highest BCUT2D eigenvalue weighted by atomic mass is 19.4. The van der Waals surface area contributed by atoms with Gasteiger partial charge < -0.3 is 14.6 Å². The van der Waals surface area contributed by atoms with E-state index in [-0.39, 0.29) is 12.4 Å². The predicted octanol–water partition coefficient (Wildman–Crippen LogP) is 3.21. The van der Waals surface area contributed by atoms with Crippen molar-refractivity contribution in [3.63, 3.8) is 0 Å². The van der Waals surface area contributed by atoms with Crippen molar-refractivity contribution in [1.29, 1.82) is 0 Å². The number of benzene rings is 1. The van der Waals surface area contributed by atoms with Gasteiger partial charge in [0.05, 0.1) is 17.7 Å². The molecule has 112 valence electrons. The summed E-state index contributed by atoms with van der Waals surface area (Å²) in [7, 11) is 0. The lowest BCUT2D eigenvalue weighted by atomic mass is 10.1. The minimum Gasteiger partial charge on any atom is -0.488 e. The first-order chi connectivity index (χ1) is 9.25. The summed E-state index contributed by atoms with van der Waals surface area (Å²) in [5.74, 6) is -1.68. The molecule has 0 spiro atoms. The Kier molecular flexibility index (Phi) is 5.38. The summed E-state index contributed by atoms with van der Waals surface area (Å²) >= 11 is 0. The molecule has 0 bridgehead atoms. The van der Waals surface area contributed by atoms with Gasteiger partial charge in [-0.05, 0) is 32.0 Å². The third-order valence-electron chi connectivity index (χ3n) is 2.42. The van der Waals surface area contributed by atoms with Gasteiger partial charge in [0.15, 0.2) is 0 Å². The summed E-state index contributed by atoms with van der Waals surface area (Å²) in [6.07, 6.45) is -5.19. The van der Waals surface area contributed by atoms with Crippen molar-refractivity contribution in [2.45, 2.75) is 26.1 Å². The lowest BCUT2D eigenvalue weighted by molar-refractivity contribution is -0.138. The van der Waals surface area contributed by atoms with Gasteiger partial charge in [0, 0.05) is 6.61 Å². The van der Waals surface area contributed by atoms with Gasteiger partial charge in [-0.3, -0.25) is 0 Å². The number of carboxylic acid groups (broad SMARTS) is 1. The molecule has 0 saturated carbocycles. The normalized spacial score (nSPS) is 13.1. The molecule has 0 saturated heterocycles. The maximum absolute atomic E-state index is 12.8. The summed E-state index contributed by atoms with van der Waals surface area (Å²) in [4.78, 5) is 10.8.